The largest absolute Gasteiger partial charge is 0.480 e. The smallest absolute Gasteiger partial charge is 0.327 e. The highest BCUT2D eigenvalue weighted by Crippen LogP contribution is 2.17. The summed E-state index contributed by atoms with van der Waals surface area (Å²) in [5.41, 5.74) is 0.229. The Hall–Kier alpha value is -2.20. The van der Waals surface area contributed by atoms with Crippen LogP contribution in [0.4, 0.5) is 0 Å². The first-order valence-electron chi connectivity index (χ1n) is 6.49. The van der Waals surface area contributed by atoms with E-state index in [1.54, 1.807) is 0 Å². The molecule has 0 fully saturated rings. The monoisotopic (exact) mass is 327 g/mol. The van der Waals surface area contributed by atoms with Gasteiger partial charge in [-0.3, -0.25) is 14.2 Å². The van der Waals surface area contributed by atoms with Crippen molar-refractivity contribution in [2.45, 2.75) is 30.8 Å². The first-order chi connectivity index (χ1) is 10.2. The molecule has 0 saturated heterocycles. The van der Waals surface area contributed by atoms with Crippen molar-refractivity contribution in [3.05, 3.63) is 30.4 Å². The predicted octanol–water partition coefficient (Wildman–Crippen LogP) is 0.302. The van der Waals surface area contributed by atoms with Crippen LogP contribution in [0.25, 0.3) is 0 Å². The van der Waals surface area contributed by atoms with Gasteiger partial charge in [0, 0.05) is 25.5 Å². The molecule has 0 aromatic carbocycles. The van der Waals surface area contributed by atoms with E-state index in [9.17, 15) is 18.3 Å². The molecule has 0 saturated carbocycles. The number of nitrogens with zero attached hydrogens (tertiary/aromatic N) is 4. The van der Waals surface area contributed by atoms with Crippen molar-refractivity contribution in [2.24, 2.45) is 7.05 Å². The van der Waals surface area contributed by atoms with Gasteiger partial charge in [-0.2, -0.15) is 14.9 Å². The minimum Gasteiger partial charge on any atom is -0.480 e. The molecule has 9 nitrogen and oxygen atoms in total. The van der Waals surface area contributed by atoms with E-state index in [4.69, 9.17) is 0 Å². The average Bonchev–Trinajstić information content (AvgIpc) is 3.04. The fourth-order valence-corrected chi connectivity index (χ4v) is 2.97. The number of rotatable bonds is 6. The van der Waals surface area contributed by atoms with Crippen LogP contribution in [0.5, 0.6) is 0 Å². The van der Waals surface area contributed by atoms with Crippen molar-refractivity contribution in [1.82, 2.24) is 24.3 Å². The van der Waals surface area contributed by atoms with Gasteiger partial charge in [0.2, 0.25) is 10.0 Å². The van der Waals surface area contributed by atoms with E-state index in [1.807, 2.05) is 13.8 Å². The Bertz CT molecular complexity index is 777. The standard InChI is InChI=1S/C12H17N5O4S/c1-8(2)17-7-9(6-14-17)22(20,21)15-11(12(18)19)10-4-5-13-16(10)3/h4-8,11,15H,1-3H3,(H,18,19). The van der Waals surface area contributed by atoms with E-state index in [1.165, 1.54) is 41.1 Å². The molecule has 10 heteroatoms. The second-order valence-electron chi connectivity index (χ2n) is 5.02. The Morgan fingerprint density at radius 2 is 2.05 bits per heavy atom. The lowest BCUT2D eigenvalue weighted by atomic mass is 10.2. The maximum absolute atomic E-state index is 12.3. The third-order valence-corrected chi connectivity index (χ3v) is 4.47. The Balaban J connectivity index is 2.32. The molecule has 0 bridgehead atoms. The molecular weight excluding hydrogens is 310 g/mol. The van der Waals surface area contributed by atoms with E-state index in [2.05, 4.69) is 14.9 Å². The van der Waals surface area contributed by atoms with Crippen molar-refractivity contribution in [3.8, 4) is 0 Å². The number of hydrogen-bond acceptors (Lipinski definition) is 5. The van der Waals surface area contributed by atoms with Gasteiger partial charge in [0.25, 0.3) is 0 Å². The second kappa shape index (κ2) is 5.89. The van der Waals surface area contributed by atoms with E-state index < -0.39 is 22.0 Å². The van der Waals surface area contributed by atoms with Gasteiger partial charge in [0.1, 0.15) is 4.90 Å². The molecule has 2 aromatic rings. The third-order valence-electron chi connectivity index (χ3n) is 3.09. The normalized spacial score (nSPS) is 13.5. The third kappa shape index (κ3) is 3.17. The van der Waals surface area contributed by atoms with Gasteiger partial charge in [-0.05, 0) is 19.9 Å². The summed E-state index contributed by atoms with van der Waals surface area (Å²) < 4.78 is 29.6. The molecule has 0 radical (unpaired) electrons. The molecule has 0 aliphatic rings. The Morgan fingerprint density at radius 1 is 1.36 bits per heavy atom. The molecule has 2 N–H and O–H groups in total. The van der Waals surface area contributed by atoms with Crippen LogP contribution in [0, 0.1) is 0 Å². The molecule has 1 unspecified atom stereocenters. The maximum Gasteiger partial charge on any atom is 0.327 e. The molecule has 22 heavy (non-hydrogen) atoms. The quantitative estimate of drug-likeness (QED) is 0.787. The first-order valence-corrected chi connectivity index (χ1v) is 7.98. The fourth-order valence-electron chi connectivity index (χ4n) is 1.87. The van der Waals surface area contributed by atoms with E-state index in [0.29, 0.717) is 0 Å². The Labute approximate surface area is 127 Å². The van der Waals surface area contributed by atoms with Crippen molar-refractivity contribution in [2.75, 3.05) is 0 Å². The SMILES string of the molecule is CC(C)n1cc(S(=O)(=O)NC(C(=O)O)c2ccnn2C)cn1. The molecule has 120 valence electrons. The molecule has 0 aliphatic carbocycles. The molecule has 0 amide bonds. The van der Waals surface area contributed by atoms with Crippen molar-refractivity contribution >= 4 is 16.0 Å². The van der Waals surface area contributed by atoms with Crippen LogP contribution in [0.2, 0.25) is 0 Å². The van der Waals surface area contributed by atoms with Gasteiger partial charge >= 0.3 is 5.97 Å². The number of nitrogens with one attached hydrogen (secondary N) is 1. The second-order valence-corrected chi connectivity index (χ2v) is 6.74. The maximum atomic E-state index is 12.3. The van der Waals surface area contributed by atoms with Crippen LogP contribution < -0.4 is 4.72 Å². The number of sulfonamides is 1. The molecular formula is C12H17N5O4S. The van der Waals surface area contributed by atoms with Crippen molar-refractivity contribution in [3.63, 3.8) is 0 Å². The Kier molecular flexibility index (Phi) is 4.33. The number of hydrogen-bond donors (Lipinski definition) is 2. The van der Waals surface area contributed by atoms with Crippen LogP contribution in [-0.4, -0.2) is 39.1 Å². The number of aliphatic carboxylic acids is 1. The fraction of sp³-hybridized carbons (Fsp3) is 0.417. The zero-order chi connectivity index (χ0) is 16.5. The molecule has 2 heterocycles. The summed E-state index contributed by atoms with van der Waals surface area (Å²) in [5.74, 6) is -1.32. The summed E-state index contributed by atoms with van der Waals surface area (Å²) in [6, 6.07) is 0.00922. The highest BCUT2D eigenvalue weighted by Gasteiger charge is 2.29. The molecule has 2 aromatic heterocycles. The lowest BCUT2D eigenvalue weighted by Gasteiger charge is -2.14. The summed E-state index contributed by atoms with van der Waals surface area (Å²) in [5, 5.41) is 17.1. The van der Waals surface area contributed by atoms with Gasteiger partial charge in [0.15, 0.2) is 6.04 Å². The molecule has 0 aliphatic heterocycles. The zero-order valence-electron chi connectivity index (χ0n) is 12.3. The highest BCUT2D eigenvalue weighted by atomic mass is 32.2. The summed E-state index contributed by atoms with van der Waals surface area (Å²) >= 11 is 0. The van der Waals surface area contributed by atoms with Gasteiger partial charge < -0.3 is 5.11 Å². The number of carboxylic acid groups (broad SMARTS) is 1. The summed E-state index contributed by atoms with van der Waals surface area (Å²) in [4.78, 5) is 11.3. The zero-order valence-corrected chi connectivity index (χ0v) is 13.1. The first kappa shape index (κ1) is 16.2. The number of carbonyl (C=O) groups is 1. The van der Waals surface area contributed by atoms with E-state index in [0.717, 1.165) is 0 Å². The minimum atomic E-state index is -4.02. The van der Waals surface area contributed by atoms with E-state index in [-0.39, 0.29) is 16.6 Å². The van der Waals surface area contributed by atoms with Crippen LogP contribution in [0.3, 0.4) is 0 Å². The van der Waals surface area contributed by atoms with Crippen molar-refractivity contribution in [1.29, 1.82) is 0 Å². The van der Waals surface area contributed by atoms with Crippen LogP contribution >= 0.6 is 0 Å². The van der Waals surface area contributed by atoms with E-state index >= 15 is 0 Å². The highest BCUT2D eigenvalue weighted by molar-refractivity contribution is 7.89. The summed E-state index contributed by atoms with van der Waals surface area (Å²) in [6.07, 6.45) is 3.94. The lowest BCUT2D eigenvalue weighted by molar-refractivity contribution is -0.139. The van der Waals surface area contributed by atoms with Gasteiger partial charge in [0.05, 0.1) is 11.9 Å². The number of aromatic nitrogens is 4. The molecule has 0 spiro atoms. The van der Waals surface area contributed by atoms with Crippen LogP contribution in [-0.2, 0) is 21.9 Å². The molecule has 2 rings (SSSR count). The molecule has 1 atom stereocenters. The predicted molar refractivity (Wildman–Crippen MR) is 76.5 cm³/mol. The lowest BCUT2D eigenvalue weighted by Crippen LogP contribution is -2.34. The van der Waals surface area contributed by atoms with Crippen LogP contribution in [0.15, 0.2) is 29.6 Å². The minimum absolute atomic E-state index is 0.00343. The Morgan fingerprint density at radius 3 is 2.50 bits per heavy atom. The summed E-state index contributed by atoms with van der Waals surface area (Å²) in [6.45, 7) is 3.71. The van der Waals surface area contributed by atoms with Gasteiger partial charge in [-0.15, -0.1) is 0 Å². The number of aryl methyl sites for hydroxylation is 1. The topological polar surface area (TPSA) is 119 Å². The number of carboxylic acids is 1. The van der Waals surface area contributed by atoms with Gasteiger partial charge in [-0.25, -0.2) is 8.42 Å². The van der Waals surface area contributed by atoms with Crippen LogP contribution in [0.1, 0.15) is 31.6 Å². The van der Waals surface area contributed by atoms with Crippen molar-refractivity contribution < 1.29 is 18.3 Å². The van der Waals surface area contributed by atoms with Gasteiger partial charge in [-0.1, -0.05) is 0 Å². The summed E-state index contributed by atoms with van der Waals surface area (Å²) in [7, 11) is -2.48. The average molecular weight is 327 g/mol.